The third-order valence-corrected chi connectivity index (χ3v) is 4.69. The average molecular weight is 406 g/mol. The Balaban J connectivity index is 1.91. The van der Waals surface area contributed by atoms with Crippen LogP contribution in [-0.4, -0.2) is 24.9 Å². The van der Waals surface area contributed by atoms with E-state index in [-0.39, 0.29) is 17.9 Å². The highest BCUT2D eigenvalue weighted by Crippen LogP contribution is 2.31. The Bertz CT molecular complexity index is 1040. The SMILES string of the molecule is COc1ccc(C(=O)CC(Nc2ccccc2)c2cccc([N+](=O)[O-])c2)cc1OC. The number of carbonyl (C=O) groups is 1. The summed E-state index contributed by atoms with van der Waals surface area (Å²) in [6.07, 6.45) is 0.103. The van der Waals surface area contributed by atoms with Crippen molar-refractivity contribution in [2.45, 2.75) is 12.5 Å². The Labute approximate surface area is 174 Å². The molecule has 3 rings (SSSR count). The summed E-state index contributed by atoms with van der Waals surface area (Å²) in [5.74, 6) is 0.869. The van der Waals surface area contributed by atoms with Gasteiger partial charge < -0.3 is 14.8 Å². The molecule has 0 aliphatic carbocycles. The van der Waals surface area contributed by atoms with E-state index < -0.39 is 11.0 Å². The molecule has 30 heavy (non-hydrogen) atoms. The zero-order chi connectivity index (χ0) is 21.5. The zero-order valence-corrected chi connectivity index (χ0v) is 16.7. The number of non-ortho nitro benzene ring substituents is 1. The Morgan fingerprint density at radius 2 is 1.70 bits per heavy atom. The van der Waals surface area contributed by atoms with E-state index in [2.05, 4.69) is 5.32 Å². The number of para-hydroxylation sites is 1. The van der Waals surface area contributed by atoms with Crippen LogP contribution in [0.25, 0.3) is 0 Å². The molecule has 154 valence electrons. The molecule has 1 unspecified atom stereocenters. The number of benzene rings is 3. The minimum atomic E-state index is -0.451. The lowest BCUT2D eigenvalue weighted by Gasteiger charge is -2.20. The fourth-order valence-electron chi connectivity index (χ4n) is 3.16. The molecule has 0 radical (unpaired) electrons. The molecule has 3 aromatic rings. The molecule has 0 heterocycles. The predicted molar refractivity (Wildman–Crippen MR) is 114 cm³/mol. The van der Waals surface area contributed by atoms with Crippen molar-refractivity contribution < 1.29 is 19.2 Å². The van der Waals surface area contributed by atoms with Gasteiger partial charge in [-0.25, -0.2) is 0 Å². The highest BCUT2D eigenvalue weighted by atomic mass is 16.6. The minimum absolute atomic E-state index is 0.0223. The number of Topliss-reactive ketones (excluding diaryl/α,β-unsaturated/α-hetero) is 1. The third-order valence-electron chi connectivity index (χ3n) is 4.69. The van der Waals surface area contributed by atoms with E-state index >= 15 is 0 Å². The molecule has 0 saturated carbocycles. The average Bonchev–Trinajstić information content (AvgIpc) is 2.78. The first-order valence-corrected chi connectivity index (χ1v) is 9.33. The maximum atomic E-state index is 13.0. The van der Waals surface area contributed by atoms with Crippen LogP contribution in [-0.2, 0) is 0 Å². The summed E-state index contributed by atoms with van der Waals surface area (Å²) in [4.78, 5) is 23.8. The summed E-state index contributed by atoms with van der Waals surface area (Å²) in [6.45, 7) is 0. The van der Waals surface area contributed by atoms with E-state index in [1.807, 2.05) is 30.3 Å². The van der Waals surface area contributed by atoms with Gasteiger partial charge in [0.25, 0.3) is 5.69 Å². The molecule has 7 nitrogen and oxygen atoms in total. The van der Waals surface area contributed by atoms with Crippen molar-refractivity contribution in [3.8, 4) is 11.5 Å². The number of hydrogen-bond acceptors (Lipinski definition) is 6. The molecule has 0 spiro atoms. The number of nitrogens with zero attached hydrogens (tertiary/aromatic N) is 1. The molecule has 7 heteroatoms. The first kappa shape index (κ1) is 20.9. The second kappa shape index (κ2) is 9.56. The monoisotopic (exact) mass is 406 g/mol. The molecular weight excluding hydrogens is 384 g/mol. The molecule has 0 aliphatic heterocycles. The number of nitro groups is 1. The molecule has 0 saturated heterocycles. The van der Waals surface area contributed by atoms with E-state index in [1.54, 1.807) is 30.3 Å². The number of carbonyl (C=O) groups excluding carboxylic acids is 1. The third kappa shape index (κ3) is 4.94. The highest BCUT2D eigenvalue weighted by molar-refractivity contribution is 5.97. The smallest absolute Gasteiger partial charge is 0.269 e. The van der Waals surface area contributed by atoms with Crippen LogP contribution in [0.1, 0.15) is 28.4 Å². The minimum Gasteiger partial charge on any atom is -0.493 e. The number of nitrogens with one attached hydrogen (secondary N) is 1. The number of ketones is 1. The topological polar surface area (TPSA) is 90.7 Å². The first-order valence-electron chi connectivity index (χ1n) is 9.33. The summed E-state index contributed by atoms with van der Waals surface area (Å²) >= 11 is 0. The van der Waals surface area contributed by atoms with Gasteiger partial charge >= 0.3 is 0 Å². The largest absolute Gasteiger partial charge is 0.493 e. The summed E-state index contributed by atoms with van der Waals surface area (Å²) in [6, 6.07) is 20.3. The van der Waals surface area contributed by atoms with Gasteiger partial charge in [-0.3, -0.25) is 14.9 Å². The molecule has 3 aromatic carbocycles. The Morgan fingerprint density at radius 3 is 2.37 bits per heavy atom. The summed E-state index contributed by atoms with van der Waals surface area (Å²) in [7, 11) is 3.04. The maximum absolute atomic E-state index is 13.0. The van der Waals surface area contributed by atoms with E-state index in [1.165, 1.54) is 26.4 Å². The van der Waals surface area contributed by atoms with Crippen molar-refractivity contribution in [3.63, 3.8) is 0 Å². The van der Waals surface area contributed by atoms with Crippen LogP contribution >= 0.6 is 0 Å². The van der Waals surface area contributed by atoms with Crippen molar-refractivity contribution >= 4 is 17.2 Å². The van der Waals surface area contributed by atoms with Gasteiger partial charge in [0, 0.05) is 29.8 Å². The van der Waals surface area contributed by atoms with Gasteiger partial charge in [0.15, 0.2) is 17.3 Å². The van der Waals surface area contributed by atoms with E-state index in [9.17, 15) is 14.9 Å². The lowest BCUT2D eigenvalue weighted by atomic mass is 9.97. The van der Waals surface area contributed by atoms with Gasteiger partial charge in [0.05, 0.1) is 25.2 Å². The molecule has 0 amide bonds. The fourth-order valence-corrected chi connectivity index (χ4v) is 3.16. The van der Waals surface area contributed by atoms with E-state index in [0.717, 1.165) is 5.69 Å². The molecule has 0 fully saturated rings. The Hall–Kier alpha value is -3.87. The maximum Gasteiger partial charge on any atom is 0.269 e. The van der Waals surface area contributed by atoms with Crippen LogP contribution in [0, 0.1) is 10.1 Å². The molecular formula is C23H22N2O5. The predicted octanol–water partition coefficient (Wildman–Crippen LogP) is 5.04. The van der Waals surface area contributed by atoms with Gasteiger partial charge in [-0.15, -0.1) is 0 Å². The molecule has 1 atom stereocenters. The van der Waals surface area contributed by atoms with Crippen LogP contribution in [0.5, 0.6) is 11.5 Å². The second-order valence-electron chi connectivity index (χ2n) is 6.61. The molecule has 0 bridgehead atoms. The summed E-state index contributed by atoms with van der Waals surface area (Å²) in [5.41, 5.74) is 1.92. The Morgan fingerprint density at radius 1 is 0.967 bits per heavy atom. The lowest BCUT2D eigenvalue weighted by Crippen LogP contribution is -2.16. The number of methoxy groups -OCH3 is 2. The van der Waals surface area contributed by atoms with Crippen molar-refractivity contribution in [1.29, 1.82) is 0 Å². The van der Waals surface area contributed by atoms with Gasteiger partial charge in [-0.05, 0) is 35.9 Å². The zero-order valence-electron chi connectivity index (χ0n) is 16.7. The Kier molecular flexibility index (Phi) is 6.64. The first-order chi connectivity index (χ1) is 14.5. The van der Waals surface area contributed by atoms with Crippen molar-refractivity contribution in [3.05, 3.63) is 94.0 Å². The lowest BCUT2D eigenvalue weighted by molar-refractivity contribution is -0.384. The van der Waals surface area contributed by atoms with Crippen molar-refractivity contribution in [2.24, 2.45) is 0 Å². The molecule has 0 aromatic heterocycles. The van der Waals surface area contributed by atoms with E-state index in [4.69, 9.17) is 9.47 Å². The number of nitro benzene ring substituents is 1. The normalized spacial score (nSPS) is 11.4. The molecule has 0 aliphatic rings. The standard InChI is InChI=1S/C23H22N2O5/c1-29-22-12-11-17(14-23(22)30-2)21(26)15-20(24-18-8-4-3-5-9-18)16-7-6-10-19(13-16)25(27)28/h3-14,20,24H,15H2,1-2H3. The van der Waals surface area contributed by atoms with Crippen LogP contribution in [0.2, 0.25) is 0 Å². The van der Waals surface area contributed by atoms with Crippen molar-refractivity contribution in [2.75, 3.05) is 19.5 Å². The summed E-state index contributed by atoms with van der Waals surface area (Å²) in [5, 5.41) is 14.5. The number of anilines is 1. The number of hydrogen-bond donors (Lipinski definition) is 1. The number of rotatable bonds is 9. The molecule has 1 N–H and O–H groups in total. The van der Waals surface area contributed by atoms with E-state index in [0.29, 0.717) is 22.6 Å². The van der Waals surface area contributed by atoms with Gasteiger partial charge in [0.1, 0.15) is 0 Å². The van der Waals surface area contributed by atoms with Gasteiger partial charge in [-0.1, -0.05) is 30.3 Å². The quantitative estimate of drug-likeness (QED) is 0.304. The number of ether oxygens (including phenoxy) is 2. The van der Waals surface area contributed by atoms with Crippen LogP contribution < -0.4 is 14.8 Å². The van der Waals surface area contributed by atoms with Gasteiger partial charge in [-0.2, -0.15) is 0 Å². The highest BCUT2D eigenvalue weighted by Gasteiger charge is 2.20. The summed E-state index contributed by atoms with van der Waals surface area (Å²) < 4.78 is 10.5. The van der Waals surface area contributed by atoms with Crippen LogP contribution in [0.3, 0.4) is 0 Å². The van der Waals surface area contributed by atoms with Gasteiger partial charge in [0.2, 0.25) is 0 Å². The fraction of sp³-hybridized carbons (Fsp3) is 0.174. The van der Waals surface area contributed by atoms with Crippen molar-refractivity contribution in [1.82, 2.24) is 0 Å². The van der Waals surface area contributed by atoms with Crippen LogP contribution in [0.4, 0.5) is 11.4 Å². The van der Waals surface area contributed by atoms with Crippen LogP contribution in [0.15, 0.2) is 72.8 Å². The second-order valence-corrected chi connectivity index (χ2v) is 6.61.